The first-order chi connectivity index (χ1) is 11.1. The van der Waals surface area contributed by atoms with Gasteiger partial charge in [-0.15, -0.1) is 5.10 Å². The second-order valence-corrected chi connectivity index (χ2v) is 5.15. The van der Waals surface area contributed by atoms with E-state index in [0.717, 1.165) is 16.8 Å². The number of phenols is 1. The third-order valence-electron chi connectivity index (χ3n) is 3.75. The van der Waals surface area contributed by atoms with Gasteiger partial charge in [-0.05, 0) is 31.5 Å². The number of phenolic OH excluding ortho intramolecular Hbond substituents is 1. The number of benzene rings is 1. The van der Waals surface area contributed by atoms with Gasteiger partial charge in [0, 0.05) is 11.3 Å². The van der Waals surface area contributed by atoms with Gasteiger partial charge in [0.05, 0.1) is 12.5 Å². The Morgan fingerprint density at radius 2 is 2.30 bits per heavy atom. The van der Waals surface area contributed by atoms with Crippen LogP contribution >= 0.6 is 0 Å². The highest BCUT2D eigenvalue weighted by Gasteiger charge is 2.34. The molecule has 1 aliphatic rings. The molecule has 3 rings (SSSR count). The van der Waals surface area contributed by atoms with Crippen LogP contribution in [0.15, 0.2) is 29.7 Å². The van der Waals surface area contributed by atoms with Crippen LogP contribution in [0.3, 0.4) is 0 Å². The Kier molecular flexibility index (Phi) is 3.58. The molecule has 7 nitrogen and oxygen atoms in total. The molecule has 0 amide bonds. The molecular weight excluding hydrogens is 296 g/mol. The predicted octanol–water partition coefficient (Wildman–Crippen LogP) is 2.04. The van der Waals surface area contributed by atoms with Crippen molar-refractivity contribution in [2.45, 2.75) is 19.8 Å². The monoisotopic (exact) mass is 312 g/mol. The van der Waals surface area contributed by atoms with Crippen molar-refractivity contribution in [3.05, 3.63) is 46.5 Å². The van der Waals surface area contributed by atoms with Crippen LogP contribution in [0.1, 0.15) is 29.7 Å². The number of aromatic nitrogens is 2. The molecule has 2 aromatic rings. The number of H-pyrrole nitrogens is 1. The van der Waals surface area contributed by atoms with Gasteiger partial charge in [0.1, 0.15) is 11.6 Å². The first-order valence-corrected chi connectivity index (χ1v) is 7.15. The predicted molar refractivity (Wildman–Crippen MR) is 81.9 cm³/mol. The van der Waals surface area contributed by atoms with Crippen molar-refractivity contribution in [3.8, 4) is 23.4 Å². The SMILES string of the molecule is CCOc1cc(C2C(C#N)=C(N)Oc3n[nH]c(C)c32)ccc1O. The van der Waals surface area contributed by atoms with Crippen LogP contribution in [-0.4, -0.2) is 21.9 Å². The minimum atomic E-state index is -0.428. The zero-order chi connectivity index (χ0) is 16.6. The number of hydrogen-bond donors (Lipinski definition) is 3. The fourth-order valence-corrected chi connectivity index (χ4v) is 2.71. The Hall–Kier alpha value is -3.14. The van der Waals surface area contributed by atoms with Gasteiger partial charge in [0.2, 0.25) is 11.8 Å². The van der Waals surface area contributed by atoms with E-state index < -0.39 is 5.92 Å². The molecule has 0 aliphatic carbocycles. The first kappa shape index (κ1) is 14.8. The summed E-state index contributed by atoms with van der Waals surface area (Å²) >= 11 is 0. The van der Waals surface area contributed by atoms with Gasteiger partial charge in [-0.1, -0.05) is 6.07 Å². The lowest BCUT2D eigenvalue weighted by molar-refractivity contribution is 0.317. The van der Waals surface area contributed by atoms with E-state index in [-0.39, 0.29) is 11.6 Å². The summed E-state index contributed by atoms with van der Waals surface area (Å²) in [6, 6.07) is 7.08. The number of aromatic hydroxyl groups is 1. The molecule has 0 radical (unpaired) electrons. The summed E-state index contributed by atoms with van der Waals surface area (Å²) in [5.41, 5.74) is 8.47. The Labute approximate surface area is 132 Å². The van der Waals surface area contributed by atoms with E-state index in [9.17, 15) is 10.4 Å². The molecule has 1 aromatic carbocycles. The van der Waals surface area contributed by atoms with E-state index in [2.05, 4.69) is 16.3 Å². The summed E-state index contributed by atoms with van der Waals surface area (Å²) in [7, 11) is 0. The Bertz CT molecular complexity index is 832. The minimum absolute atomic E-state index is 0.0301. The quantitative estimate of drug-likeness (QED) is 0.798. The number of ether oxygens (including phenoxy) is 2. The summed E-state index contributed by atoms with van der Waals surface area (Å²) < 4.78 is 10.8. The molecule has 1 aromatic heterocycles. The first-order valence-electron chi connectivity index (χ1n) is 7.15. The molecule has 4 N–H and O–H groups in total. The van der Waals surface area contributed by atoms with Gasteiger partial charge in [0.25, 0.3) is 0 Å². The molecule has 7 heteroatoms. The average molecular weight is 312 g/mol. The lowest BCUT2D eigenvalue weighted by Gasteiger charge is -2.24. The van der Waals surface area contributed by atoms with Crippen LogP contribution in [0.5, 0.6) is 17.4 Å². The van der Waals surface area contributed by atoms with Gasteiger partial charge < -0.3 is 20.3 Å². The van der Waals surface area contributed by atoms with E-state index in [0.29, 0.717) is 23.8 Å². The molecular formula is C16H16N4O3. The number of nitrogens with zero attached hydrogens (tertiary/aromatic N) is 2. The average Bonchev–Trinajstić information content (AvgIpc) is 2.89. The minimum Gasteiger partial charge on any atom is -0.504 e. The molecule has 1 atom stereocenters. The number of hydrogen-bond acceptors (Lipinski definition) is 6. The third kappa shape index (κ3) is 2.34. The highest BCUT2D eigenvalue weighted by Crippen LogP contribution is 2.44. The maximum Gasteiger partial charge on any atom is 0.244 e. The summed E-state index contributed by atoms with van der Waals surface area (Å²) in [5, 5.41) is 26.3. The molecule has 1 unspecified atom stereocenters. The maximum atomic E-state index is 9.88. The van der Waals surface area contributed by atoms with E-state index >= 15 is 0 Å². The number of fused-ring (bicyclic) bond motifs is 1. The van der Waals surface area contributed by atoms with Crippen LogP contribution < -0.4 is 15.2 Å². The second-order valence-electron chi connectivity index (χ2n) is 5.15. The van der Waals surface area contributed by atoms with Crippen LogP contribution in [0.2, 0.25) is 0 Å². The van der Waals surface area contributed by atoms with Crippen LogP contribution in [0.4, 0.5) is 0 Å². The number of rotatable bonds is 3. The smallest absolute Gasteiger partial charge is 0.244 e. The lowest BCUT2D eigenvalue weighted by atomic mass is 9.84. The fourth-order valence-electron chi connectivity index (χ4n) is 2.71. The van der Waals surface area contributed by atoms with Gasteiger partial charge in [-0.2, -0.15) is 5.26 Å². The van der Waals surface area contributed by atoms with E-state index in [4.69, 9.17) is 15.2 Å². The van der Waals surface area contributed by atoms with Crippen molar-refractivity contribution in [3.63, 3.8) is 0 Å². The van der Waals surface area contributed by atoms with Crippen molar-refractivity contribution in [1.82, 2.24) is 10.2 Å². The fraction of sp³-hybridized carbons (Fsp3) is 0.250. The molecule has 0 bridgehead atoms. The Morgan fingerprint density at radius 3 is 3.00 bits per heavy atom. The highest BCUT2D eigenvalue weighted by atomic mass is 16.5. The van der Waals surface area contributed by atoms with E-state index in [1.807, 2.05) is 13.8 Å². The molecule has 0 spiro atoms. The largest absolute Gasteiger partial charge is 0.504 e. The van der Waals surface area contributed by atoms with Crippen molar-refractivity contribution < 1.29 is 14.6 Å². The van der Waals surface area contributed by atoms with Crippen LogP contribution in [0, 0.1) is 18.3 Å². The molecule has 0 saturated carbocycles. The normalized spacial score (nSPS) is 16.5. The second kappa shape index (κ2) is 5.57. The summed E-state index contributed by atoms with van der Waals surface area (Å²) in [4.78, 5) is 0. The van der Waals surface area contributed by atoms with Gasteiger partial charge in [-0.25, -0.2) is 0 Å². The molecule has 1 aliphatic heterocycles. The van der Waals surface area contributed by atoms with Gasteiger partial charge in [-0.3, -0.25) is 5.10 Å². The zero-order valence-corrected chi connectivity index (χ0v) is 12.8. The number of aryl methyl sites for hydroxylation is 1. The van der Waals surface area contributed by atoms with E-state index in [1.54, 1.807) is 12.1 Å². The lowest BCUT2D eigenvalue weighted by Crippen LogP contribution is -2.21. The highest BCUT2D eigenvalue weighted by molar-refractivity contribution is 5.57. The summed E-state index contributed by atoms with van der Waals surface area (Å²) in [6.45, 7) is 4.10. The zero-order valence-electron chi connectivity index (χ0n) is 12.8. The molecule has 23 heavy (non-hydrogen) atoms. The Morgan fingerprint density at radius 1 is 1.52 bits per heavy atom. The number of nitriles is 1. The standard InChI is InChI=1S/C16H16N4O3/c1-3-22-12-6-9(4-5-11(12)21)14-10(7-17)15(18)23-16-13(14)8(2)19-20-16/h4-6,14,21H,3,18H2,1-2H3,(H,19,20). The molecule has 2 heterocycles. The molecule has 118 valence electrons. The number of aromatic amines is 1. The van der Waals surface area contributed by atoms with Crippen molar-refractivity contribution in [1.29, 1.82) is 5.26 Å². The summed E-state index contributed by atoms with van der Waals surface area (Å²) in [5.74, 6) is 0.359. The topological polar surface area (TPSA) is 117 Å². The van der Waals surface area contributed by atoms with Crippen molar-refractivity contribution in [2.75, 3.05) is 6.61 Å². The van der Waals surface area contributed by atoms with Gasteiger partial charge >= 0.3 is 0 Å². The Balaban J connectivity index is 2.19. The van der Waals surface area contributed by atoms with Crippen molar-refractivity contribution >= 4 is 0 Å². The van der Waals surface area contributed by atoms with Crippen LogP contribution in [-0.2, 0) is 0 Å². The van der Waals surface area contributed by atoms with Crippen LogP contribution in [0.25, 0.3) is 0 Å². The number of allylic oxidation sites excluding steroid dienone is 1. The number of nitrogens with one attached hydrogen (secondary N) is 1. The molecule has 0 saturated heterocycles. The maximum absolute atomic E-state index is 9.88. The third-order valence-corrected chi connectivity index (χ3v) is 3.75. The van der Waals surface area contributed by atoms with Crippen molar-refractivity contribution in [2.24, 2.45) is 5.73 Å². The van der Waals surface area contributed by atoms with Gasteiger partial charge in [0.15, 0.2) is 11.5 Å². The number of nitrogens with two attached hydrogens (primary N) is 1. The van der Waals surface area contributed by atoms with E-state index in [1.165, 1.54) is 6.07 Å². The molecule has 0 fully saturated rings. The summed E-state index contributed by atoms with van der Waals surface area (Å²) in [6.07, 6.45) is 0.